The minimum atomic E-state index is -1.17. The molecule has 0 spiro atoms. The van der Waals surface area contributed by atoms with Gasteiger partial charge in [-0.2, -0.15) is 0 Å². The van der Waals surface area contributed by atoms with Crippen molar-refractivity contribution in [2.24, 2.45) is 5.92 Å². The van der Waals surface area contributed by atoms with Gasteiger partial charge in [0.05, 0.1) is 18.4 Å². The van der Waals surface area contributed by atoms with Crippen LogP contribution in [0.25, 0.3) is 0 Å². The lowest BCUT2D eigenvalue weighted by atomic mass is 9.69. The van der Waals surface area contributed by atoms with Gasteiger partial charge in [0.25, 0.3) is 0 Å². The van der Waals surface area contributed by atoms with Crippen molar-refractivity contribution in [3.63, 3.8) is 0 Å². The third-order valence-electron chi connectivity index (χ3n) is 5.28. The number of aromatic nitrogens is 4. The SMILES string of the molecule is CCC(CCC(=O)O)NC(=O)C1CC(O)(c2cn(Cc3nc(Br)sc3C)nn2)C1. The molecule has 0 aromatic carbocycles. The summed E-state index contributed by atoms with van der Waals surface area (Å²) in [7, 11) is 0. The summed E-state index contributed by atoms with van der Waals surface area (Å²) in [6.07, 6.45) is 3.32. The molecule has 158 valence electrons. The number of nitrogens with zero attached hydrogens (tertiary/aromatic N) is 4. The Morgan fingerprint density at radius 3 is 2.79 bits per heavy atom. The minimum absolute atomic E-state index is 0.0194. The molecule has 1 saturated carbocycles. The Morgan fingerprint density at radius 2 is 2.21 bits per heavy atom. The van der Waals surface area contributed by atoms with Gasteiger partial charge < -0.3 is 15.5 Å². The number of halogens is 1. The Hall–Kier alpha value is -1.85. The fourth-order valence-electron chi connectivity index (χ4n) is 3.43. The molecule has 2 aromatic heterocycles. The number of aliphatic carboxylic acids is 1. The lowest BCUT2D eigenvalue weighted by Gasteiger charge is -2.41. The Morgan fingerprint density at radius 1 is 1.48 bits per heavy atom. The molecular formula is C18H24BrN5O4S. The van der Waals surface area contributed by atoms with E-state index >= 15 is 0 Å². The number of thiazole rings is 1. The van der Waals surface area contributed by atoms with Crippen LogP contribution >= 0.6 is 27.3 Å². The van der Waals surface area contributed by atoms with E-state index in [0.29, 0.717) is 25.1 Å². The zero-order chi connectivity index (χ0) is 21.2. The van der Waals surface area contributed by atoms with Crippen LogP contribution in [0.3, 0.4) is 0 Å². The third kappa shape index (κ3) is 5.20. The molecule has 1 aliphatic carbocycles. The molecule has 3 N–H and O–H groups in total. The molecule has 0 bridgehead atoms. The molecule has 11 heteroatoms. The number of aliphatic hydroxyl groups is 1. The molecule has 1 amide bonds. The van der Waals surface area contributed by atoms with Gasteiger partial charge in [-0.25, -0.2) is 9.67 Å². The van der Waals surface area contributed by atoms with E-state index in [-0.39, 0.29) is 37.1 Å². The largest absolute Gasteiger partial charge is 0.481 e. The monoisotopic (exact) mass is 485 g/mol. The van der Waals surface area contributed by atoms with Gasteiger partial charge in [0.1, 0.15) is 11.3 Å². The van der Waals surface area contributed by atoms with E-state index in [2.05, 4.69) is 36.5 Å². The maximum Gasteiger partial charge on any atom is 0.303 e. The Kier molecular flexibility index (Phi) is 6.69. The Balaban J connectivity index is 1.54. The number of hydrogen-bond donors (Lipinski definition) is 3. The molecule has 2 aromatic rings. The van der Waals surface area contributed by atoms with E-state index in [9.17, 15) is 14.7 Å². The number of carboxylic acid groups (broad SMARTS) is 1. The molecule has 1 aliphatic rings. The van der Waals surface area contributed by atoms with Crippen LogP contribution < -0.4 is 5.32 Å². The Labute approximate surface area is 180 Å². The third-order valence-corrected chi connectivity index (χ3v) is 6.74. The minimum Gasteiger partial charge on any atom is -0.481 e. The van der Waals surface area contributed by atoms with Crippen LogP contribution in [0, 0.1) is 12.8 Å². The Bertz CT molecular complexity index is 893. The van der Waals surface area contributed by atoms with Crippen LogP contribution in [0.2, 0.25) is 0 Å². The van der Waals surface area contributed by atoms with E-state index in [1.165, 1.54) is 0 Å². The zero-order valence-corrected chi connectivity index (χ0v) is 18.7. The van der Waals surface area contributed by atoms with E-state index in [0.717, 1.165) is 14.5 Å². The molecular weight excluding hydrogens is 462 g/mol. The van der Waals surface area contributed by atoms with Crippen molar-refractivity contribution in [3.8, 4) is 0 Å². The lowest BCUT2D eigenvalue weighted by molar-refractivity contribution is -0.144. The normalized spacial score (nSPS) is 22.1. The van der Waals surface area contributed by atoms with Gasteiger partial charge >= 0.3 is 5.97 Å². The van der Waals surface area contributed by atoms with Crippen molar-refractivity contribution in [3.05, 3.63) is 26.4 Å². The summed E-state index contributed by atoms with van der Waals surface area (Å²) >= 11 is 4.92. The van der Waals surface area contributed by atoms with Crippen molar-refractivity contribution in [1.29, 1.82) is 0 Å². The van der Waals surface area contributed by atoms with Crippen LogP contribution in [-0.2, 0) is 21.7 Å². The van der Waals surface area contributed by atoms with Crippen molar-refractivity contribution in [2.45, 2.75) is 64.1 Å². The lowest BCUT2D eigenvalue weighted by Crippen LogP contribution is -2.50. The summed E-state index contributed by atoms with van der Waals surface area (Å²) in [5.41, 5.74) is 0.176. The van der Waals surface area contributed by atoms with Gasteiger partial charge in [-0.15, -0.1) is 16.4 Å². The highest BCUT2D eigenvalue weighted by atomic mass is 79.9. The van der Waals surface area contributed by atoms with Crippen molar-refractivity contribution in [1.82, 2.24) is 25.3 Å². The van der Waals surface area contributed by atoms with Gasteiger partial charge in [0.2, 0.25) is 5.91 Å². The average Bonchev–Trinajstić information content (AvgIpc) is 3.22. The summed E-state index contributed by atoms with van der Waals surface area (Å²) in [6, 6.07) is -0.172. The number of nitrogens with one attached hydrogen (secondary N) is 1. The van der Waals surface area contributed by atoms with Crippen LogP contribution in [-0.4, -0.2) is 48.1 Å². The molecule has 0 radical (unpaired) electrons. The molecule has 0 saturated heterocycles. The predicted octanol–water partition coefficient (Wildman–Crippen LogP) is 2.21. The first-order valence-corrected chi connectivity index (χ1v) is 11.1. The van der Waals surface area contributed by atoms with Gasteiger partial charge in [0, 0.05) is 23.3 Å². The van der Waals surface area contributed by atoms with E-state index < -0.39 is 11.6 Å². The molecule has 29 heavy (non-hydrogen) atoms. The first kappa shape index (κ1) is 21.8. The van der Waals surface area contributed by atoms with Crippen molar-refractivity contribution in [2.75, 3.05) is 0 Å². The number of carbonyl (C=O) groups is 2. The number of carbonyl (C=O) groups excluding carboxylic acids is 1. The van der Waals surface area contributed by atoms with Crippen molar-refractivity contribution >= 4 is 39.1 Å². The molecule has 1 atom stereocenters. The highest BCUT2D eigenvalue weighted by molar-refractivity contribution is 9.11. The second-order valence-electron chi connectivity index (χ2n) is 7.45. The maximum absolute atomic E-state index is 12.4. The summed E-state index contributed by atoms with van der Waals surface area (Å²) in [5.74, 6) is -1.35. The zero-order valence-electron chi connectivity index (χ0n) is 16.3. The first-order valence-electron chi connectivity index (χ1n) is 9.47. The summed E-state index contributed by atoms with van der Waals surface area (Å²) in [5, 5.41) is 30.7. The van der Waals surface area contributed by atoms with Crippen LogP contribution in [0.4, 0.5) is 0 Å². The molecule has 2 heterocycles. The first-order chi connectivity index (χ1) is 13.7. The molecule has 0 aliphatic heterocycles. The quantitative estimate of drug-likeness (QED) is 0.496. The summed E-state index contributed by atoms with van der Waals surface area (Å²) < 4.78 is 2.44. The van der Waals surface area contributed by atoms with Crippen LogP contribution in [0.5, 0.6) is 0 Å². The molecule has 9 nitrogen and oxygen atoms in total. The maximum atomic E-state index is 12.4. The molecule has 1 fully saturated rings. The second kappa shape index (κ2) is 8.88. The second-order valence-corrected chi connectivity index (χ2v) is 9.93. The summed E-state index contributed by atoms with van der Waals surface area (Å²) in [6.45, 7) is 4.35. The fraction of sp³-hybridized carbons (Fsp3) is 0.611. The van der Waals surface area contributed by atoms with E-state index in [4.69, 9.17) is 5.11 Å². The number of amides is 1. The van der Waals surface area contributed by atoms with E-state index in [1.54, 1.807) is 22.2 Å². The van der Waals surface area contributed by atoms with Gasteiger partial charge in [-0.05, 0) is 48.5 Å². The number of rotatable bonds is 9. The number of aryl methyl sites for hydroxylation is 1. The van der Waals surface area contributed by atoms with E-state index in [1.807, 2.05) is 13.8 Å². The van der Waals surface area contributed by atoms with Gasteiger partial charge in [-0.3, -0.25) is 9.59 Å². The van der Waals surface area contributed by atoms with Crippen LogP contribution in [0.15, 0.2) is 10.1 Å². The van der Waals surface area contributed by atoms with Crippen LogP contribution in [0.1, 0.15) is 55.3 Å². The smallest absolute Gasteiger partial charge is 0.303 e. The number of hydrogen-bond acceptors (Lipinski definition) is 7. The standard InChI is InChI=1S/C18H24BrN5O4S/c1-3-12(4-5-15(25)26)20-16(27)11-6-18(28,7-11)14-9-24(23-22-14)8-13-10(2)29-17(19)21-13/h9,11-12,28H,3-8H2,1-2H3,(H,20,27)(H,25,26). The van der Waals surface area contributed by atoms with Gasteiger partial charge in [-0.1, -0.05) is 12.1 Å². The predicted molar refractivity (Wildman–Crippen MR) is 109 cm³/mol. The number of carboxylic acids is 1. The van der Waals surface area contributed by atoms with Crippen molar-refractivity contribution < 1.29 is 19.8 Å². The molecule has 3 rings (SSSR count). The fourth-order valence-corrected chi connectivity index (χ4v) is 5.01. The highest BCUT2D eigenvalue weighted by Crippen LogP contribution is 2.45. The highest BCUT2D eigenvalue weighted by Gasteiger charge is 2.49. The summed E-state index contributed by atoms with van der Waals surface area (Å²) in [4.78, 5) is 28.6. The van der Waals surface area contributed by atoms with Gasteiger partial charge in [0.15, 0.2) is 3.92 Å². The molecule has 1 unspecified atom stereocenters. The average molecular weight is 486 g/mol. The topological polar surface area (TPSA) is 130 Å².